The van der Waals surface area contributed by atoms with Crippen LogP contribution in [0.4, 0.5) is 5.82 Å². The van der Waals surface area contributed by atoms with E-state index in [4.69, 9.17) is 9.97 Å². The van der Waals surface area contributed by atoms with Gasteiger partial charge in [-0.1, -0.05) is 0 Å². The van der Waals surface area contributed by atoms with Crippen molar-refractivity contribution < 1.29 is 5.11 Å². The van der Waals surface area contributed by atoms with Gasteiger partial charge in [-0.05, 0) is 57.2 Å². The number of pyridine rings is 1. The monoisotopic (exact) mass is 354 g/mol. The van der Waals surface area contributed by atoms with Crippen LogP contribution in [0.15, 0.2) is 24.5 Å². The Morgan fingerprint density at radius 1 is 1.16 bits per heavy atom. The summed E-state index contributed by atoms with van der Waals surface area (Å²) in [6.07, 6.45) is 7.04. The Balaban J connectivity index is 1.77. The van der Waals surface area contributed by atoms with E-state index >= 15 is 0 Å². The molecule has 0 radical (unpaired) electrons. The minimum Gasteiger partial charge on any atom is -0.393 e. The lowest BCUT2D eigenvalue weighted by molar-refractivity contribution is 0.126. The normalized spacial score (nSPS) is 20.8. The summed E-state index contributed by atoms with van der Waals surface area (Å²) in [7, 11) is 0. The van der Waals surface area contributed by atoms with Crippen LogP contribution in [0.1, 0.15) is 36.1 Å². The van der Waals surface area contributed by atoms with Crippen molar-refractivity contribution in [3.63, 3.8) is 0 Å². The summed E-state index contributed by atoms with van der Waals surface area (Å²) in [5.41, 5.74) is 2.17. The van der Waals surface area contributed by atoms with Crippen LogP contribution in [0.2, 0.25) is 0 Å². The van der Waals surface area contributed by atoms with E-state index in [0.717, 1.165) is 47.3 Å². The lowest BCUT2D eigenvalue weighted by Crippen LogP contribution is -2.28. The van der Waals surface area contributed by atoms with E-state index in [-0.39, 0.29) is 6.10 Å². The molecular formula is C19H22N4OS. The van der Waals surface area contributed by atoms with Crippen LogP contribution in [-0.4, -0.2) is 32.2 Å². The molecule has 2 N–H and O–H groups in total. The zero-order valence-corrected chi connectivity index (χ0v) is 15.3. The number of aryl methyl sites for hydroxylation is 2. The maximum Gasteiger partial charge on any atom is 0.164 e. The SMILES string of the molecule is Cc1sc2nc(-c3cccnc3)nc(NC3CCC(O)CC3)c2c1C. The van der Waals surface area contributed by atoms with Crippen LogP contribution in [0.3, 0.4) is 0 Å². The molecule has 130 valence electrons. The van der Waals surface area contributed by atoms with Crippen molar-refractivity contribution in [1.29, 1.82) is 0 Å². The average molecular weight is 354 g/mol. The molecule has 0 atom stereocenters. The molecule has 0 unspecified atom stereocenters. The Kier molecular flexibility index (Phi) is 4.39. The van der Waals surface area contributed by atoms with Gasteiger partial charge in [0.15, 0.2) is 5.82 Å². The van der Waals surface area contributed by atoms with Crippen molar-refractivity contribution in [2.45, 2.75) is 51.7 Å². The van der Waals surface area contributed by atoms with Gasteiger partial charge in [-0.15, -0.1) is 11.3 Å². The highest BCUT2D eigenvalue weighted by Crippen LogP contribution is 2.36. The predicted octanol–water partition coefficient (Wildman–Crippen LogP) is 4.09. The largest absolute Gasteiger partial charge is 0.393 e. The number of nitrogens with one attached hydrogen (secondary N) is 1. The molecule has 0 bridgehead atoms. The van der Waals surface area contributed by atoms with Gasteiger partial charge in [0.2, 0.25) is 0 Å². The lowest BCUT2D eigenvalue weighted by Gasteiger charge is -2.27. The second-order valence-corrected chi connectivity index (χ2v) is 7.95. The first-order valence-corrected chi connectivity index (χ1v) is 9.56. The summed E-state index contributed by atoms with van der Waals surface area (Å²) < 4.78 is 0. The zero-order valence-electron chi connectivity index (χ0n) is 14.5. The minimum atomic E-state index is -0.153. The van der Waals surface area contributed by atoms with Crippen molar-refractivity contribution >= 4 is 27.4 Å². The fraction of sp³-hybridized carbons (Fsp3) is 0.421. The summed E-state index contributed by atoms with van der Waals surface area (Å²) in [6, 6.07) is 4.24. The highest BCUT2D eigenvalue weighted by Gasteiger charge is 2.22. The highest BCUT2D eigenvalue weighted by atomic mass is 32.1. The van der Waals surface area contributed by atoms with Crippen LogP contribution in [0, 0.1) is 13.8 Å². The molecule has 0 saturated heterocycles. The van der Waals surface area contributed by atoms with Gasteiger partial charge in [-0.25, -0.2) is 9.97 Å². The fourth-order valence-electron chi connectivity index (χ4n) is 3.39. The Labute approximate surface area is 151 Å². The molecule has 3 aromatic heterocycles. The standard InChI is InChI=1S/C19H22N4OS/c1-11-12(2)25-19-16(11)18(21-14-5-7-15(24)8-6-14)22-17(23-19)13-4-3-9-20-10-13/h3-4,9-10,14-15,24H,5-8H2,1-2H3,(H,21,22,23). The predicted molar refractivity (Wildman–Crippen MR) is 102 cm³/mol. The number of fused-ring (bicyclic) bond motifs is 1. The number of rotatable bonds is 3. The number of nitrogens with zero attached hydrogens (tertiary/aromatic N) is 3. The number of hydrogen-bond donors (Lipinski definition) is 2. The van der Waals surface area contributed by atoms with Crippen LogP contribution in [0.25, 0.3) is 21.6 Å². The van der Waals surface area contributed by atoms with E-state index in [2.05, 4.69) is 24.1 Å². The first-order chi connectivity index (χ1) is 12.1. The van der Waals surface area contributed by atoms with E-state index < -0.39 is 0 Å². The quantitative estimate of drug-likeness (QED) is 0.741. The summed E-state index contributed by atoms with van der Waals surface area (Å²) in [5, 5.41) is 14.5. The lowest BCUT2D eigenvalue weighted by atomic mass is 9.93. The minimum absolute atomic E-state index is 0.153. The van der Waals surface area contributed by atoms with E-state index in [0.29, 0.717) is 11.9 Å². The van der Waals surface area contributed by atoms with Crippen molar-refractivity contribution in [3.05, 3.63) is 35.0 Å². The van der Waals surface area contributed by atoms with Crippen molar-refractivity contribution in [2.24, 2.45) is 0 Å². The van der Waals surface area contributed by atoms with E-state index in [9.17, 15) is 5.11 Å². The number of thiophene rings is 1. The number of aliphatic hydroxyl groups excluding tert-OH is 1. The van der Waals surface area contributed by atoms with Gasteiger partial charge in [-0.3, -0.25) is 4.98 Å². The number of anilines is 1. The molecule has 25 heavy (non-hydrogen) atoms. The third-order valence-corrected chi connectivity index (χ3v) is 6.09. The van der Waals surface area contributed by atoms with E-state index in [1.54, 1.807) is 23.7 Å². The van der Waals surface area contributed by atoms with Gasteiger partial charge in [0, 0.05) is 28.9 Å². The Bertz CT molecular complexity index is 885. The summed E-state index contributed by atoms with van der Waals surface area (Å²) in [5.74, 6) is 1.62. The van der Waals surface area contributed by atoms with Gasteiger partial charge >= 0.3 is 0 Å². The Morgan fingerprint density at radius 2 is 1.96 bits per heavy atom. The van der Waals surface area contributed by atoms with Crippen LogP contribution in [0.5, 0.6) is 0 Å². The molecule has 0 spiro atoms. The molecule has 1 fully saturated rings. The van der Waals surface area contributed by atoms with E-state index in [1.807, 2.05) is 12.1 Å². The maximum atomic E-state index is 9.75. The van der Waals surface area contributed by atoms with Gasteiger partial charge in [0.1, 0.15) is 10.6 Å². The van der Waals surface area contributed by atoms with Crippen LogP contribution >= 0.6 is 11.3 Å². The second-order valence-electron chi connectivity index (χ2n) is 6.75. The molecule has 6 heteroatoms. The first kappa shape index (κ1) is 16.4. The fourth-order valence-corrected chi connectivity index (χ4v) is 4.42. The van der Waals surface area contributed by atoms with Gasteiger partial charge in [0.05, 0.1) is 11.5 Å². The van der Waals surface area contributed by atoms with E-state index in [1.165, 1.54) is 10.4 Å². The molecule has 4 rings (SSSR count). The van der Waals surface area contributed by atoms with Gasteiger partial charge in [0.25, 0.3) is 0 Å². The van der Waals surface area contributed by atoms with Crippen LogP contribution < -0.4 is 5.32 Å². The summed E-state index contributed by atoms with van der Waals surface area (Å²) >= 11 is 1.71. The third kappa shape index (κ3) is 3.24. The maximum absolute atomic E-state index is 9.75. The Hall–Kier alpha value is -2.05. The number of aliphatic hydroxyl groups is 1. The number of hydrogen-bond acceptors (Lipinski definition) is 6. The highest BCUT2D eigenvalue weighted by molar-refractivity contribution is 7.18. The first-order valence-electron chi connectivity index (χ1n) is 8.74. The number of aromatic nitrogens is 3. The zero-order chi connectivity index (χ0) is 17.4. The van der Waals surface area contributed by atoms with Crippen molar-refractivity contribution in [2.75, 3.05) is 5.32 Å². The summed E-state index contributed by atoms with van der Waals surface area (Å²) in [4.78, 5) is 16.1. The van der Waals surface area contributed by atoms with Gasteiger partial charge in [-0.2, -0.15) is 0 Å². The molecule has 3 aromatic rings. The molecule has 1 aliphatic carbocycles. The molecule has 0 aromatic carbocycles. The van der Waals surface area contributed by atoms with Crippen molar-refractivity contribution in [3.8, 4) is 11.4 Å². The molecule has 5 nitrogen and oxygen atoms in total. The molecular weight excluding hydrogens is 332 g/mol. The third-order valence-electron chi connectivity index (χ3n) is 4.99. The van der Waals surface area contributed by atoms with Crippen molar-refractivity contribution in [1.82, 2.24) is 15.0 Å². The molecule has 1 saturated carbocycles. The van der Waals surface area contributed by atoms with Gasteiger partial charge < -0.3 is 10.4 Å². The Morgan fingerprint density at radius 3 is 2.68 bits per heavy atom. The smallest absolute Gasteiger partial charge is 0.164 e. The average Bonchev–Trinajstić information content (AvgIpc) is 2.92. The summed E-state index contributed by atoms with van der Waals surface area (Å²) in [6.45, 7) is 4.27. The molecule has 1 aliphatic rings. The molecule has 3 heterocycles. The van der Waals surface area contributed by atoms with Crippen LogP contribution in [-0.2, 0) is 0 Å². The second kappa shape index (κ2) is 6.69. The topological polar surface area (TPSA) is 70.9 Å². The molecule has 0 amide bonds. The molecule has 0 aliphatic heterocycles.